The van der Waals surface area contributed by atoms with Crippen molar-refractivity contribution < 1.29 is 42.8 Å². The molecule has 0 aliphatic heterocycles. The molecule has 0 saturated heterocycles. The number of anilines is 1. The maximum Gasteiger partial charge on any atom is 0.333 e. The molecule has 0 bridgehead atoms. The fourth-order valence-electron chi connectivity index (χ4n) is 9.11. The van der Waals surface area contributed by atoms with Gasteiger partial charge in [0, 0.05) is 59.5 Å². The molecule has 14 heteroatoms. The van der Waals surface area contributed by atoms with E-state index in [1.807, 2.05) is 53.5 Å². The summed E-state index contributed by atoms with van der Waals surface area (Å²) < 4.78 is 35.5. The summed E-state index contributed by atoms with van der Waals surface area (Å²) in [5.41, 5.74) is 5.36. The zero-order valence-electron chi connectivity index (χ0n) is 44.0. The average molecular weight is 1050 g/mol. The van der Waals surface area contributed by atoms with Crippen molar-refractivity contribution in [3.05, 3.63) is 157 Å². The quantitative estimate of drug-likeness (QED) is 0.00989. The normalized spacial score (nSPS) is 14.3. The third kappa shape index (κ3) is 17.9. The molecule has 0 unspecified atom stereocenters. The number of hydrogen-bond donors (Lipinski definition) is 0. The third-order valence-electron chi connectivity index (χ3n) is 13.4. The average Bonchev–Trinajstić information content (AvgIpc) is 3.92. The van der Waals surface area contributed by atoms with Crippen LogP contribution < -0.4 is 19.2 Å². The fourth-order valence-corrected chi connectivity index (χ4v) is 10.2. The Morgan fingerprint density at radius 3 is 2.12 bits per heavy atom. The Morgan fingerprint density at radius 2 is 1.39 bits per heavy atom. The Kier molecular flexibility index (Phi) is 22.5. The van der Waals surface area contributed by atoms with Crippen molar-refractivity contribution in [2.75, 3.05) is 38.0 Å². The summed E-state index contributed by atoms with van der Waals surface area (Å²) in [6.07, 6.45) is 20.5. The van der Waals surface area contributed by atoms with Gasteiger partial charge >= 0.3 is 17.9 Å². The Bertz CT molecular complexity index is 2870. The van der Waals surface area contributed by atoms with Crippen molar-refractivity contribution in [3.63, 3.8) is 0 Å². The number of unbranched alkanes of at least 4 members (excludes halogenated alkanes) is 6. The largest absolute Gasteiger partial charge is 0.489 e. The van der Waals surface area contributed by atoms with Crippen molar-refractivity contribution in [1.29, 1.82) is 0 Å². The van der Waals surface area contributed by atoms with Gasteiger partial charge < -0.3 is 28.4 Å². The highest BCUT2D eigenvalue weighted by Crippen LogP contribution is 2.38. The van der Waals surface area contributed by atoms with E-state index < -0.39 is 11.9 Å². The number of thiazole rings is 1. The SMILES string of the molecule is C=CC(=O)OCCCCCCOc1ccc(COc2ccc(OCc3ccc(C4CCC(CCCCCCOC(=O)C(=C)C)CC4)cc3)cc2/C=N/N(CCCOC(=O)C=C)c2nc3ccc4ccccc4c3s2)cn1. The molecule has 1 aliphatic rings. The van der Waals surface area contributed by atoms with Crippen molar-refractivity contribution >= 4 is 61.6 Å². The summed E-state index contributed by atoms with van der Waals surface area (Å²) in [5, 5.41) is 9.81. The van der Waals surface area contributed by atoms with E-state index in [-0.39, 0.29) is 19.2 Å². The number of rotatable bonds is 32. The first-order chi connectivity index (χ1) is 37.1. The minimum atomic E-state index is -0.474. The third-order valence-corrected chi connectivity index (χ3v) is 14.5. The number of esters is 3. The molecule has 0 amide bonds. The topological polar surface area (TPSA) is 148 Å². The number of hydrogen-bond acceptors (Lipinski definition) is 14. The molecule has 0 spiro atoms. The van der Waals surface area contributed by atoms with Crippen LogP contribution in [0.25, 0.3) is 21.0 Å². The minimum absolute atomic E-state index is 0.194. The van der Waals surface area contributed by atoms with Gasteiger partial charge in [-0.15, -0.1) is 0 Å². The van der Waals surface area contributed by atoms with Crippen LogP contribution in [0.4, 0.5) is 5.13 Å². The van der Waals surface area contributed by atoms with Crippen LogP contribution >= 0.6 is 11.3 Å². The van der Waals surface area contributed by atoms with E-state index in [0.29, 0.717) is 79.0 Å². The lowest BCUT2D eigenvalue weighted by Crippen LogP contribution is -2.20. The van der Waals surface area contributed by atoms with Gasteiger partial charge in [-0.25, -0.2) is 29.4 Å². The number of fused-ring (bicyclic) bond motifs is 3. The van der Waals surface area contributed by atoms with Gasteiger partial charge in [-0.2, -0.15) is 5.10 Å². The van der Waals surface area contributed by atoms with E-state index in [2.05, 4.69) is 67.2 Å². The molecule has 13 nitrogen and oxygen atoms in total. The van der Waals surface area contributed by atoms with Gasteiger partial charge in [0.05, 0.1) is 42.9 Å². The lowest BCUT2D eigenvalue weighted by molar-refractivity contribution is -0.139. The maximum atomic E-state index is 11.9. The molecular weight excluding hydrogens is 977 g/mol. The summed E-state index contributed by atoms with van der Waals surface area (Å²) in [5.74, 6) is 1.99. The van der Waals surface area contributed by atoms with Crippen molar-refractivity contribution in [2.24, 2.45) is 11.0 Å². The Labute approximate surface area is 451 Å². The highest BCUT2D eigenvalue weighted by Gasteiger charge is 2.22. The van der Waals surface area contributed by atoms with E-state index in [9.17, 15) is 14.4 Å². The van der Waals surface area contributed by atoms with Gasteiger partial charge in [-0.05, 0) is 123 Å². The second-order valence-electron chi connectivity index (χ2n) is 19.2. The predicted octanol–water partition coefficient (Wildman–Crippen LogP) is 14.0. The van der Waals surface area contributed by atoms with E-state index >= 15 is 0 Å². The van der Waals surface area contributed by atoms with Crippen LogP contribution in [-0.2, 0) is 41.8 Å². The molecule has 4 aromatic carbocycles. The number of aromatic nitrogens is 2. The maximum absolute atomic E-state index is 11.9. The number of carbonyl (C=O) groups is 3. The van der Waals surface area contributed by atoms with E-state index in [4.69, 9.17) is 38.5 Å². The van der Waals surface area contributed by atoms with E-state index in [1.54, 1.807) is 30.7 Å². The molecule has 400 valence electrons. The highest BCUT2D eigenvalue weighted by molar-refractivity contribution is 7.23. The zero-order chi connectivity index (χ0) is 53.3. The number of pyridine rings is 1. The Morgan fingerprint density at radius 1 is 0.711 bits per heavy atom. The monoisotopic (exact) mass is 1050 g/mol. The Balaban J connectivity index is 0.983. The molecule has 1 fully saturated rings. The van der Waals surface area contributed by atoms with Gasteiger partial charge in [0.2, 0.25) is 11.0 Å². The van der Waals surface area contributed by atoms with Crippen LogP contribution in [0.2, 0.25) is 0 Å². The smallest absolute Gasteiger partial charge is 0.333 e. The summed E-state index contributed by atoms with van der Waals surface area (Å²) in [7, 11) is 0. The summed E-state index contributed by atoms with van der Waals surface area (Å²) in [6.45, 7) is 14.9. The molecule has 0 atom stereocenters. The molecule has 2 heterocycles. The van der Waals surface area contributed by atoms with E-state index in [1.165, 1.54) is 56.6 Å². The molecule has 1 aliphatic carbocycles. The molecule has 0 N–H and O–H groups in total. The minimum Gasteiger partial charge on any atom is -0.489 e. The second kappa shape index (κ2) is 30.3. The molecular formula is C62H72N4O9S. The number of benzene rings is 4. The van der Waals surface area contributed by atoms with Gasteiger partial charge in [0.1, 0.15) is 24.7 Å². The van der Waals surface area contributed by atoms with Crippen LogP contribution in [0, 0.1) is 5.92 Å². The molecule has 1 saturated carbocycles. The first kappa shape index (κ1) is 56.4. The van der Waals surface area contributed by atoms with Gasteiger partial charge in [0.15, 0.2) is 0 Å². The zero-order valence-corrected chi connectivity index (χ0v) is 44.8. The highest BCUT2D eigenvalue weighted by atomic mass is 32.1. The van der Waals surface area contributed by atoms with Crippen LogP contribution in [0.1, 0.15) is 125 Å². The lowest BCUT2D eigenvalue weighted by atomic mass is 9.77. The van der Waals surface area contributed by atoms with Crippen molar-refractivity contribution in [1.82, 2.24) is 9.97 Å². The predicted molar refractivity (Wildman–Crippen MR) is 302 cm³/mol. The molecule has 76 heavy (non-hydrogen) atoms. The van der Waals surface area contributed by atoms with Crippen LogP contribution in [0.15, 0.2) is 140 Å². The standard InChI is InChI=1S/C62H72N4O9S/c1-5-58(67)71-37-15-10-9-14-36-70-57-34-25-48(41-63-57)44-75-56-33-31-53(74-43-47-23-28-50(29-24-47)49-26-21-46(22-27-49)18-11-7-8-16-38-73-61(69)45(3)4)40-52(56)42-64-66(35-17-39-72-59(68)6-2)62-65-55-32-30-51-19-12-13-20-54(51)60(55)76-62/h5-6,12-13,19-20,23-25,28-34,40-42,46,49H,1-3,7-11,14-18,21-22,26-27,35-39,43-44H2,4H3/b64-42+. The summed E-state index contributed by atoms with van der Waals surface area (Å²) >= 11 is 1.56. The number of ether oxygens (including phenoxy) is 6. The van der Waals surface area contributed by atoms with Gasteiger partial charge in [-0.1, -0.05) is 111 Å². The lowest BCUT2D eigenvalue weighted by Gasteiger charge is -2.29. The van der Waals surface area contributed by atoms with Crippen molar-refractivity contribution in [3.8, 4) is 17.4 Å². The first-order valence-corrected chi connectivity index (χ1v) is 27.5. The number of carbonyl (C=O) groups excluding carboxylic acids is 3. The van der Waals surface area contributed by atoms with E-state index in [0.717, 1.165) is 82.6 Å². The van der Waals surface area contributed by atoms with Crippen LogP contribution in [0.5, 0.6) is 17.4 Å². The Hall–Kier alpha value is -7.32. The van der Waals surface area contributed by atoms with Crippen LogP contribution in [0.3, 0.4) is 0 Å². The fraction of sp³-hybridized carbons (Fsp3) is 0.387. The van der Waals surface area contributed by atoms with Crippen LogP contribution in [-0.4, -0.2) is 67.1 Å². The van der Waals surface area contributed by atoms with Gasteiger partial charge in [-0.3, -0.25) is 0 Å². The molecule has 7 rings (SSSR count). The molecule has 2 aromatic heterocycles. The van der Waals surface area contributed by atoms with Crippen molar-refractivity contribution in [2.45, 2.75) is 116 Å². The number of nitrogens with zero attached hydrogens (tertiary/aromatic N) is 4. The van der Waals surface area contributed by atoms with Gasteiger partial charge in [0.25, 0.3) is 0 Å². The molecule has 6 aromatic rings. The number of hydrazone groups is 1. The summed E-state index contributed by atoms with van der Waals surface area (Å²) in [6, 6.07) is 30.8. The summed E-state index contributed by atoms with van der Waals surface area (Å²) in [4.78, 5) is 44.2. The second-order valence-corrected chi connectivity index (χ2v) is 20.2. The molecule has 0 radical (unpaired) electrons. The first-order valence-electron chi connectivity index (χ1n) is 26.7.